The third-order valence-electron chi connectivity index (χ3n) is 4.62. The van der Waals surface area contributed by atoms with E-state index in [0.29, 0.717) is 19.1 Å². The molecule has 1 aliphatic rings. The van der Waals surface area contributed by atoms with Crippen molar-refractivity contribution in [3.63, 3.8) is 0 Å². The Hall–Kier alpha value is -1.06. The lowest BCUT2D eigenvalue weighted by atomic mass is 9.80. The van der Waals surface area contributed by atoms with Crippen LogP contribution in [0.5, 0.6) is 5.75 Å². The molecule has 1 aliphatic carbocycles. The fraction of sp³-hybridized carbons (Fsp3) is 0.667. The lowest BCUT2D eigenvalue weighted by molar-refractivity contribution is -0.0402. The van der Waals surface area contributed by atoms with Crippen molar-refractivity contribution in [2.75, 3.05) is 13.2 Å². The van der Waals surface area contributed by atoms with E-state index in [0.717, 1.165) is 30.1 Å². The van der Waals surface area contributed by atoms with Gasteiger partial charge < -0.3 is 14.6 Å². The van der Waals surface area contributed by atoms with Gasteiger partial charge in [-0.25, -0.2) is 0 Å². The Kier molecular flexibility index (Phi) is 6.07. The first-order valence-corrected chi connectivity index (χ1v) is 8.13. The van der Waals surface area contributed by atoms with E-state index in [1.807, 2.05) is 31.2 Å². The minimum Gasteiger partial charge on any atom is -0.493 e. The minimum atomic E-state index is -0.623. The normalized spacial score (nSPS) is 27.3. The van der Waals surface area contributed by atoms with Crippen molar-refractivity contribution in [1.82, 2.24) is 0 Å². The molecule has 21 heavy (non-hydrogen) atoms. The van der Waals surface area contributed by atoms with Crippen LogP contribution < -0.4 is 4.74 Å². The second kappa shape index (κ2) is 7.81. The molecule has 1 aromatic carbocycles. The maximum atomic E-state index is 10.4. The molecule has 0 saturated heterocycles. The Labute approximate surface area is 128 Å². The molecule has 0 spiro atoms. The van der Waals surface area contributed by atoms with E-state index in [1.165, 1.54) is 6.42 Å². The maximum absolute atomic E-state index is 10.4. The van der Waals surface area contributed by atoms with E-state index in [-0.39, 0.29) is 6.10 Å². The topological polar surface area (TPSA) is 38.7 Å². The number of aliphatic hydroxyl groups is 1. The van der Waals surface area contributed by atoms with Crippen LogP contribution >= 0.6 is 0 Å². The fourth-order valence-electron chi connectivity index (χ4n) is 3.01. The smallest absolute Gasteiger partial charge is 0.125 e. The Morgan fingerprint density at radius 1 is 1.19 bits per heavy atom. The summed E-state index contributed by atoms with van der Waals surface area (Å²) in [6, 6.07) is 7.65. The standard InChI is InChI=1S/C18H28O3/c1-4-20-18-8-6-5-7-16(18)17(19)12-21-15-10-9-13(2)14(3)11-15/h5-8,13-15,17,19H,4,9-12H2,1-3H3. The van der Waals surface area contributed by atoms with Gasteiger partial charge >= 0.3 is 0 Å². The molecule has 0 radical (unpaired) electrons. The zero-order valence-electron chi connectivity index (χ0n) is 13.4. The van der Waals surface area contributed by atoms with Gasteiger partial charge in [-0.2, -0.15) is 0 Å². The van der Waals surface area contributed by atoms with Crippen molar-refractivity contribution < 1.29 is 14.6 Å². The van der Waals surface area contributed by atoms with Gasteiger partial charge in [0.15, 0.2) is 0 Å². The van der Waals surface area contributed by atoms with Gasteiger partial charge in [-0.05, 0) is 44.1 Å². The Morgan fingerprint density at radius 3 is 2.67 bits per heavy atom. The zero-order chi connectivity index (χ0) is 15.2. The van der Waals surface area contributed by atoms with E-state index >= 15 is 0 Å². The molecule has 4 atom stereocenters. The van der Waals surface area contributed by atoms with Gasteiger partial charge in [0.25, 0.3) is 0 Å². The maximum Gasteiger partial charge on any atom is 0.125 e. The summed E-state index contributed by atoms with van der Waals surface area (Å²) in [5.74, 6) is 2.24. The van der Waals surface area contributed by atoms with Crippen LogP contribution in [0.25, 0.3) is 0 Å². The zero-order valence-corrected chi connectivity index (χ0v) is 13.4. The lowest BCUT2D eigenvalue weighted by Crippen LogP contribution is -2.28. The fourth-order valence-corrected chi connectivity index (χ4v) is 3.01. The number of hydrogen-bond donors (Lipinski definition) is 1. The first-order chi connectivity index (χ1) is 10.1. The molecule has 118 valence electrons. The summed E-state index contributed by atoms with van der Waals surface area (Å²) < 4.78 is 11.5. The van der Waals surface area contributed by atoms with Crippen molar-refractivity contribution in [1.29, 1.82) is 0 Å². The molecule has 0 heterocycles. The third-order valence-corrected chi connectivity index (χ3v) is 4.62. The van der Waals surface area contributed by atoms with Gasteiger partial charge in [-0.1, -0.05) is 32.0 Å². The SMILES string of the molecule is CCOc1ccccc1C(O)COC1CCC(C)C(C)C1. The molecular weight excluding hydrogens is 264 g/mol. The summed E-state index contributed by atoms with van der Waals surface area (Å²) in [5, 5.41) is 10.4. The highest BCUT2D eigenvalue weighted by Gasteiger charge is 2.26. The number of ether oxygens (including phenoxy) is 2. The predicted molar refractivity (Wildman–Crippen MR) is 84.5 cm³/mol. The van der Waals surface area contributed by atoms with E-state index in [4.69, 9.17) is 9.47 Å². The Bertz CT molecular complexity index is 432. The van der Waals surface area contributed by atoms with Crippen LogP contribution in [0.1, 0.15) is 51.7 Å². The van der Waals surface area contributed by atoms with Crippen LogP contribution in [0, 0.1) is 11.8 Å². The summed E-state index contributed by atoms with van der Waals surface area (Å²) in [7, 11) is 0. The number of para-hydroxylation sites is 1. The number of hydrogen-bond acceptors (Lipinski definition) is 3. The largest absolute Gasteiger partial charge is 0.493 e. The molecule has 2 rings (SSSR count). The minimum absolute atomic E-state index is 0.283. The molecule has 0 aromatic heterocycles. The number of aliphatic hydroxyl groups excluding tert-OH is 1. The van der Waals surface area contributed by atoms with Gasteiger partial charge in [0.2, 0.25) is 0 Å². The van der Waals surface area contributed by atoms with Crippen molar-refractivity contribution in [2.45, 2.75) is 52.2 Å². The lowest BCUT2D eigenvalue weighted by Gasteiger charge is -2.32. The molecule has 0 aliphatic heterocycles. The number of rotatable bonds is 6. The van der Waals surface area contributed by atoms with E-state index in [2.05, 4.69) is 13.8 Å². The second-order valence-corrected chi connectivity index (χ2v) is 6.21. The number of benzene rings is 1. The van der Waals surface area contributed by atoms with Crippen LogP contribution in [-0.4, -0.2) is 24.4 Å². The molecule has 3 nitrogen and oxygen atoms in total. The van der Waals surface area contributed by atoms with E-state index in [9.17, 15) is 5.11 Å². The summed E-state index contributed by atoms with van der Waals surface area (Å²) in [6.07, 6.45) is 3.08. The summed E-state index contributed by atoms with van der Waals surface area (Å²) in [4.78, 5) is 0. The Morgan fingerprint density at radius 2 is 1.95 bits per heavy atom. The van der Waals surface area contributed by atoms with Gasteiger partial charge in [0, 0.05) is 5.56 Å². The highest BCUT2D eigenvalue weighted by atomic mass is 16.5. The van der Waals surface area contributed by atoms with Gasteiger partial charge in [-0.15, -0.1) is 0 Å². The first-order valence-electron chi connectivity index (χ1n) is 8.13. The van der Waals surface area contributed by atoms with Crippen molar-refractivity contribution in [3.05, 3.63) is 29.8 Å². The first kappa shape index (κ1) is 16.3. The molecule has 4 unspecified atom stereocenters. The van der Waals surface area contributed by atoms with Crippen LogP contribution in [0.4, 0.5) is 0 Å². The Balaban J connectivity index is 1.88. The van der Waals surface area contributed by atoms with Gasteiger partial charge in [0.1, 0.15) is 11.9 Å². The van der Waals surface area contributed by atoms with Gasteiger partial charge in [-0.3, -0.25) is 0 Å². The highest BCUT2D eigenvalue weighted by Crippen LogP contribution is 2.32. The van der Waals surface area contributed by atoms with Crippen LogP contribution in [0.3, 0.4) is 0 Å². The van der Waals surface area contributed by atoms with Gasteiger partial charge in [0.05, 0.1) is 19.3 Å². The summed E-state index contributed by atoms with van der Waals surface area (Å²) in [5.41, 5.74) is 0.816. The molecule has 0 bridgehead atoms. The van der Waals surface area contributed by atoms with Crippen molar-refractivity contribution in [2.24, 2.45) is 11.8 Å². The molecule has 0 amide bonds. The molecular formula is C18H28O3. The second-order valence-electron chi connectivity index (χ2n) is 6.21. The average molecular weight is 292 g/mol. The monoisotopic (exact) mass is 292 g/mol. The van der Waals surface area contributed by atoms with Crippen molar-refractivity contribution in [3.8, 4) is 5.75 Å². The predicted octanol–water partition coefficient (Wildman–Crippen LogP) is 3.96. The van der Waals surface area contributed by atoms with Crippen LogP contribution in [0.2, 0.25) is 0 Å². The summed E-state index contributed by atoms with van der Waals surface area (Å²) in [6.45, 7) is 7.50. The third kappa shape index (κ3) is 4.45. The van der Waals surface area contributed by atoms with Crippen LogP contribution in [0.15, 0.2) is 24.3 Å². The van der Waals surface area contributed by atoms with E-state index in [1.54, 1.807) is 0 Å². The molecule has 1 saturated carbocycles. The highest BCUT2D eigenvalue weighted by molar-refractivity contribution is 5.35. The van der Waals surface area contributed by atoms with Crippen LogP contribution in [-0.2, 0) is 4.74 Å². The molecule has 1 aromatic rings. The molecule has 1 fully saturated rings. The van der Waals surface area contributed by atoms with E-state index < -0.39 is 6.10 Å². The molecule has 1 N–H and O–H groups in total. The molecule has 3 heteroatoms. The van der Waals surface area contributed by atoms with Crippen molar-refractivity contribution >= 4 is 0 Å². The quantitative estimate of drug-likeness (QED) is 0.862. The average Bonchev–Trinajstić information content (AvgIpc) is 2.49. The summed E-state index contributed by atoms with van der Waals surface area (Å²) >= 11 is 0.